The third-order valence-corrected chi connectivity index (χ3v) is 13.5. The van der Waals surface area contributed by atoms with Gasteiger partial charge in [0, 0.05) is 37.9 Å². The molecule has 0 saturated carbocycles. The fourth-order valence-corrected chi connectivity index (χ4v) is 10.7. The van der Waals surface area contributed by atoms with Gasteiger partial charge in [-0.15, -0.1) is 0 Å². The van der Waals surface area contributed by atoms with Crippen LogP contribution in [0.3, 0.4) is 0 Å². The summed E-state index contributed by atoms with van der Waals surface area (Å²) in [6.45, 7) is 0. The number of rotatable bonds is 6. The number of fused-ring (bicyclic) bond motifs is 9. The van der Waals surface area contributed by atoms with Crippen molar-refractivity contribution in [2.24, 2.45) is 0 Å². The van der Waals surface area contributed by atoms with Crippen LogP contribution in [0.2, 0.25) is 0 Å². The second-order valence-corrected chi connectivity index (χ2v) is 17.0. The van der Waals surface area contributed by atoms with Gasteiger partial charge in [0.15, 0.2) is 0 Å². The maximum absolute atomic E-state index is 12.1. The highest BCUT2D eigenvalue weighted by Crippen LogP contribution is 2.49. The summed E-state index contributed by atoms with van der Waals surface area (Å²) in [7, 11) is 0. The predicted octanol–water partition coefficient (Wildman–Crippen LogP) is 15.7. The van der Waals surface area contributed by atoms with Crippen LogP contribution in [0.15, 0.2) is 224 Å². The van der Waals surface area contributed by atoms with Crippen molar-refractivity contribution in [3.05, 3.63) is 236 Å². The van der Waals surface area contributed by atoms with Gasteiger partial charge < -0.3 is 13.7 Å². The van der Waals surface area contributed by atoms with Crippen LogP contribution in [0.5, 0.6) is 0 Å². The van der Waals surface area contributed by atoms with Gasteiger partial charge in [0.25, 0.3) is 0 Å². The van der Waals surface area contributed by atoms with E-state index < -0.39 is 0 Å². The van der Waals surface area contributed by atoms with E-state index in [0.717, 1.165) is 98.8 Å². The van der Waals surface area contributed by atoms with Crippen LogP contribution >= 0.6 is 0 Å². The van der Waals surface area contributed by atoms with E-state index in [2.05, 4.69) is 208 Å². The minimum absolute atomic E-state index is 0.393. The van der Waals surface area contributed by atoms with E-state index in [1.165, 1.54) is 0 Å². The minimum Gasteiger partial charge on any atom is -0.307 e. The van der Waals surface area contributed by atoms with Crippen LogP contribution in [0.1, 0.15) is 11.1 Å². The summed E-state index contributed by atoms with van der Waals surface area (Å²) in [6, 6.07) is 83.7. The van der Waals surface area contributed by atoms with E-state index in [1.54, 1.807) is 0 Å². The molecule has 0 aliphatic heterocycles. The fraction of sp³-hybridized carbons (Fsp3) is 0. The summed E-state index contributed by atoms with van der Waals surface area (Å²) in [5.41, 5.74) is 14.4. The van der Waals surface area contributed by atoms with Crippen molar-refractivity contribution >= 4 is 65.4 Å². The molecule has 0 unspecified atom stereocenters. The second-order valence-electron chi connectivity index (χ2n) is 17.0. The number of nitriles is 2. The highest BCUT2D eigenvalue weighted by atomic mass is 15.1. The van der Waals surface area contributed by atoms with Gasteiger partial charge in [-0.2, -0.15) is 10.5 Å². The summed E-state index contributed by atoms with van der Waals surface area (Å²) >= 11 is 0. The molecule has 13 aromatic rings. The first-order valence-electron chi connectivity index (χ1n) is 22.5. The zero-order valence-corrected chi connectivity index (χ0v) is 36.1. The number of benzene rings is 10. The minimum atomic E-state index is 0.393. The molecule has 3 aromatic heterocycles. The second kappa shape index (κ2) is 15.1. The maximum atomic E-state index is 12.1. The fourth-order valence-electron chi connectivity index (χ4n) is 10.7. The maximum Gasteiger partial charge on any atom is 0.104 e. The third kappa shape index (κ3) is 5.66. The van der Waals surface area contributed by atoms with Crippen molar-refractivity contribution in [3.8, 4) is 62.6 Å². The lowest BCUT2D eigenvalue weighted by Gasteiger charge is -2.26. The average molecular weight is 852 g/mol. The first-order valence-corrected chi connectivity index (χ1v) is 22.5. The Morgan fingerprint density at radius 3 is 0.910 bits per heavy atom. The van der Waals surface area contributed by atoms with Crippen molar-refractivity contribution < 1.29 is 0 Å². The van der Waals surface area contributed by atoms with Gasteiger partial charge in [-0.3, -0.25) is 0 Å². The summed E-state index contributed by atoms with van der Waals surface area (Å²) in [5.74, 6) is 0. The number of nitrogens with zero attached hydrogens (tertiary/aromatic N) is 5. The standard InChI is InChI=1S/C62H37N5/c63-38-51-60(65-53-28-14-10-24-45(53)46-25-11-15-29-54(46)65)52(39-64)62(59(42-22-8-3-9-23-42)61(51)66-55-30-16-12-26-47(55)48-27-13-17-31-56(48)66)67-57-34-32-43(40-18-4-1-5-19-40)36-49(57)50-37-44(33-35-58(50)67)41-20-6-2-7-21-41/h1-37H. The van der Waals surface area contributed by atoms with Crippen LogP contribution in [0.25, 0.3) is 116 Å². The molecule has 67 heavy (non-hydrogen) atoms. The molecule has 13 rings (SSSR count). The van der Waals surface area contributed by atoms with Crippen molar-refractivity contribution in [1.82, 2.24) is 13.7 Å². The molecule has 0 saturated heterocycles. The van der Waals surface area contributed by atoms with Gasteiger partial charge in [-0.1, -0.05) is 176 Å². The zero-order valence-electron chi connectivity index (χ0n) is 36.1. The zero-order chi connectivity index (χ0) is 44.6. The number of hydrogen-bond donors (Lipinski definition) is 0. The van der Waals surface area contributed by atoms with Gasteiger partial charge in [-0.25, -0.2) is 0 Å². The first-order chi connectivity index (χ1) is 33.2. The quantitative estimate of drug-likeness (QED) is 0.167. The molecule has 5 heteroatoms. The lowest BCUT2D eigenvalue weighted by Crippen LogP contribution is -2.14. The summed E-state index contributed by atoms with van der Waals surface area (Å²) in [6.07, 6.45) is 0. The smallest absolute Gasteiger partial charge is 0.104 e. The predicted molar refractivity (Wildman–Crippen MR) is 275 cm³/mol. The third-order valence-electron chi connectivity index (χ3n) is 13.5. The monoisotopic (exact) mass is 851 g/mol. The van der Waals surface area contributed by atoms with Crippen molar-refractivity contribution in [1.29, 1.82) is 10.5 Å². The van der Waals surface area contributed by atoms with Gasteiger partial charge in [0.05, 0.1) is 50.2 Å². The molecule has 310 valence electrons. The van der Waals surface area contributed by atoms with E-state index >= 15 is 0 Å². The normalized spacial score (nSPS) is 11.6. The molecule has 3 heterocycles. The molecule has 5 nitrogen and oxygen atoms in total. The van der Waals surface area contributed by atoms with E-state index in [-0.39, 0.29) is 0 Å². The average Bonchev–Trinajstić information content (AvgIpc) is 4.03. The molecular weight excluding hydrogens is 815 g/mol. The van der Waals surface area contributed by atoms with Gasteiger partial charge in [0.1, 0.15) is 23.3 Å². The Bertz CT molecular complexity index is 4010. The van der Waals surface area contributed by atoms with Crippen LogP contribution in [0, 0.1) is 22.7 Å². The summed E-state index contributed by atoms with van der Waals surface area (Å²) in [5, 5.41) is 30.5. The molecule has 0 fully saturated rings. The summed E-state index contributed by atoms with van der Waals surface area (Å²) in [4.78, 5) is 0. The molecular formula is C62H37N5. The Hall–Kier alpha value is -9.42. The Labute approximate surface area is 386 Å². The Morgan fingerprint density at radius 2 is 0.552 bits per heavy atom. The van der Waals surface area contributed by atoms with Gasteiger partial charge in [0.2, 0.25) is 0 Å². The Kier molecular flexibility index (Phi) is 8.58. The van der Waals surface area contributed by atoms with Crippen molar-refractivity contribution in [2.45, 2.75) is 0 Å². The number of para-hydroxylation sites is 4. The van der Waals surface area contributed by atoms with Crippen molar-refractivity contribution in [2.75, 3.05) is 0 Å². The lowest BCUT2D eigenvalue weighted by atomic mass is 9.91. The highest BCUT2D eigenvalue weighted by molar-refractivity contribution is 6.15. The molecule has 0 N–H and O–H groups in total. The topological polar surface area (TPSA) is 62.4 Å². The lowest BCUT2D eigenvalue weighted by molar-refractivity contribution is 1.08. The van der Waals surface area contributed by atoms with Gasteiger partial charge in [-0.05, 0) is 76.3 Å². The van der Waals surface area contributed by atoms with Crippen LogP contribution in [-0.4, -0.2) is 13.7 Å². The molecule has 0 atom stereocenters. The van der Waals surface area contributed by atoms with E-state index in [9.17, 15) is 10.5 Å². The number of hydrogen-bond acceptors (Lipinski definition) is 2. The molecule has 0 aliphatic rings. The number of aromatic nitrogens is 3. The molecule has 0 aliphatic carbocycles. The largest absolute Gasteiger partial charge is 0.307 e. The van der Waals surface area contributed by atoms with E-state index in [1.807, 2.05) is 42.5 Å². The van der Waals surface area contributed by atoms with Crippen LogP contribution in [-0.2, 0) is 0 Å². The molecule has 0 amide bonds. The summed E-state index contributed by atoms with van der Waals surface area (Å²) < 4.78 is 6.72. The molecule has 0 radical (unpaired) electrons. The molecule has 10 aromatic carbocycles. The van der Waals surface area contributed by atoms with Crippen LogP contribution < -0.4 is 0 Å². The molecule has 0 bridgehead atoms. The SMILES string of the molecule is N#Cc1c(-n2c3ccccc3c3ccccc32)c(C#N)c(-n2c3ccc(-c4ccccc4)cc3c3cc(-c4ccccc4)ccc32)c(-c2ccccc2)c1-n1c2ccccc2c2ccccc21. The molecule has 0 spiro atoms. The van der Waals surface area contributed by atoms with E-state index in [4.69, 9.17) is 0 Å². The first kappa shape index (κ1) is 38.1. The van der Waals surface area contributed by atoms with Crippen LogP contribution in [0.4, 0.5) is 0 Å². The van der Waals surface area contributed by atoms with Crippen molar-refractivity contribution in [3.63, 3.8) is 0 Å². The Balaban J connectivity index is 1.30. The highest BCUT2D eigenvalue weighted by Gasteiger charge is 2.33. The van der Waals surface area contributed by atoms with Gasteiger partial charge >= 0.3 is 0 Å². The van der Waals surface area contributed by atoms with E-state index in [0.29, 0.717) is 28.2 Å². The Morgan fingerprint density at radius 1 is 0.254 bits per heavy atom.